The first-order valence-corrected chi connectivity index (χ1v) is 7.77. The van der Waals surface area contributed by atoms with E-state index in [1.54, 1.807) is 6.07 Å². The second kappa shape index (κ2) is 4.55. The Morgan fingerprint density at radius 3 is 2.82 bits per heavy atom. The molecule has 8 heteroatoms. The summed E-state index contributed by atoms with van der Waals surface area (Å²) in [7, 11) is 3.00. The van der Waals surface area contributed by atoms with E-state index in [0.717, 1.165) is 0 Å². The van der Waals surface area contributed by atoms with Gasteiger partial charge in [-0.2, -0.15) is 0 Å². The van der Waals surface area contributed by atoms with Crippen LogP contribution in [0, 0.1) is 0 Å². The molecular formula is C9H8BrClO5S. The highest BCUT2D eigenvalue weighted by Crippen LogP contribution is 2.47. The Hall–Kier alpha value is -0.660. The van der Waals surface area contributed by atoms with Crippen LogP contribution < -0.4 is 14.2 Å². The molecule has 0 aliphatic carbocycles. The number of hydrogen-bond acceptors (Lipinski definition) is 5. The van der Waals surface area contributed by atoms with Gasteiger partial charge < -0.3 is 14.2 Å². The monoisotopic (exact) mass is 342 g/mol. The second-order valence-corrected chi connectivity index (χ2v) is 6.87. The Bertz CT molecular complexity index is 557. The Labute approximate surface area is 111 Å². The van der Waals surface area contributed by atoms with Crippen LogP contribution in [0.15, 0.2) is 10.5 Å². The number of fused-ring (bicyclic) bond motifs is 1. The van der Waals surface area contributed by atoms with E-state index in [0.29, 0.717) is 27.3 Å². The third kappa shape index (κ3) is 2.61. The van der Waals surface area contributed by atoms with E-state index in [-0.39, 0.29) is 12.5 Å². The lowest BCUT2D eigenvalue weighted by Crippen LogP contribution is -1.99. The molecule has 0 bridgehead atoms. The first kappa shape index (κ1) is 12.8. The first-order valence-electron chi connectivity index (χ1n) is 4.49. The Balaban J connectivity index is 2.55. The summed E-state index contributed by atoms with van der Waals surface area (Å²) in [5.41, 5.74) is 0.415. The zero-order chi connectivity index (χ0) is 12.6. The minimum Gasteiger partial charge on any atom is -0.495 e. The van der Waals surface area contributed by atoms with Crippen LogP contribution in [0.5, 0.6) is 17.2 Å². The number of hydrogen-bond donors (Lipinski definition) is 0. The van der Waals surface area contributed by atoms with Crippen LogP contribution >= 0.6 is 26.6 Å². The van der Waals surface area contributed by atoms with E-state index in [9.17, 15) is 8.42 Å². The van der Waals surface area contributed by atoms with Gasteiger partial charge >= 0.3 is 0 Å². The third-order valence-electron chi connectivity index (χ3n) is 2.17. The fourth-order valence-electron chi connectivity index (χ4n) is 1.55. The van der Waals surface area contributed by atoms with Crippen molar-refractivity contribution in [3.63, 3.8) is 0 Å². The van der Waals surface area contributed by atoms with Crippen molar-refractivity contribution in [2.45, 2.75) is 5.75 Å². The van der Waals surface area contributed by atoms with Crippen molar-refractivity contribution in [3.05, 3.63) is 16.1 Å². The summed E-state index contributed by atoms with van der Waals surface area (Å²) in [5, 5.41) is 0. The molecule has 0 saturated heterocycles. The lowest BCUT2D eigenvalue weighted by Gasteiger charge is -2.11. The second-order valence-electron chi connectivity index (χ2n) is 3.30. The van der Waals surface area contributed by atoms with Crippen LogP contribution in [0.2, 0.25) is 0 Å². The summed E-state index contributed by atoms with van der Waals surface area (Å²) in [6, 6.07) is 1.55. The lowest BCUT2D eigenvalue weighted by molar-refractivity contribution is 0.173. The molecule has 2 rings (SSSR count). The fourth-order valence-corrected chi connectivity index (χ4v) is 3.21. The maximum Gasteiger partial charge on any atom is 0.236 e. The largest absolute Gasteiger partial charge is 0.495 e. The van der Waals surface area contributed by atoms with Crippen molar-refractivity contribution in [3.8, 4) is 17.2 Å². The number of rotatable bonds is 3. The van der Waals surface area contributed by atoms with E-state index >= 15 is 0 Å². The van der Waals surface area contributed by atoms with E-state index in [1.807, 2.05) is 0 Å². The zero-order valence-corrected chi connectivity index (χ0v) is 11.9. The molecule has 5 nitrogen and oxygen atoms in total. The Morgan fingerprint density at radius 1 is 1.53 bits per heavy atom. The highest BCUT2D eigenvalue weighted by atomic mass is 79.9. The number of benzene rings is 1. The molecule has 0 fully saturated rings. The van der Waals surface area contributed by atoms with E-state index in [2.05, 4.69) is 15.9 Å². The van der Waals surface area contributed by atoms with Crippen LogP contribution in [0.4, 0.5) is 0 Å². The average Bonchev–Trinajstić information content (AvgIpc) is 2.64. The van der Waals surface area contributed by atoms with Gasteiger partial charge in [-0.3, -0.25) is 0 Å². The topological polar surface area (TPSA) is 61.8 Å². The van der Waals surface area contributed by atoms with Crippen LogP contribution in [0.1, 0.15) is 5.56 Å². The summed E-state index contributed by atoms with van der Waals surface area (Å²) in [6.45, 7) is 0.0914. The molecule has 0 amide bonds. The standard InChI is InChI=1S/C9H8BrClO5S/c1-14-8-5(3-17(11,12)13)2-6-9(7(8)10)16-4-15-6/h2H,3-4H2,1H3. The van der Waals surface area contributed by atoms with Gasteiger partial charge in [-0.05, 0) is 22.0 Å². The third-order valence-corrected chi connectivity index (χ3v) is 3.87. The van der Waals surface area contributed by atoms with E-state index in [4.69, 9.17) is 24.9 Å². The Morgan fingerprint density at radius 2 is 2.24 bits per heavy atom. The van der Waals surface area contributed by atoms with Crippen molar-refractivity contribution in [1.82, 2.24) is 0 Å². The summed E-state index contributed by atoms with van der Waals surface area (Å²) in [6.07, 6.45) is 0. The van der Waals surface area contributed by atoms with Gasteiger partial charge in [0.05, 0.1) is 12.9 Å². The Kier molecular flexibility index (Phi) is 3.42. The van der Waals surface area contributed by atoms with Gasteiger partial charge in [-0.25, -0.2) is 8.42 Å². The normalized spacial score (nSPS) is 13.8. The van der Waals surface area contributed by atoms with Crippen molar-refractivity contribution in [2.24, 2.45) is 0 Å². The minimum absolute atomic E-state index is 0.0914. The molecule has 0 N–H and O–H groups in total. The molecule has 1 aromatic carbocycles. The average molecular weight is 344 g/mol. The van der Waals surface area contributed by atoms with E-state index < -0.39 is 9.05 Å². The molecule has 0 radical (unpaired) electrons. The molecule has 0 saturated carbocycles. The van der Waals surface area contributed by atoms with E-state index in [1.165, 1.54) is 7.11 Å². The van der Waals surface area contributed by atoms with Crippen molar-refractivity contribution >= 4 is 35.7 Å². The maximum atomic E-state index is 11.1. The molecule has 0 unspecified atom stereocenters. The van der Waals surface area contributed by atoms with Gasteiger partial charge in [0.15, 0.2) is 11.5 Å². The summed E-state index contributed by atoms with van der Waals surface area (Å²) < 4.78 is 38.3. The number of ether oxygens (including phenoxy) is 3. The van der Waals surface area contributed by atoms with Gasteiger partial charge in [-0.15, -0.1) is 0 Å². The summed E-state index contributed by atoms with van der Waals surface area (Å²) in [5.74, 6) is 0.997. The number of methoxy groups -OCH3 is 1. The summed E-state index contributed by atoms with van der Waals surface area (Å²) >= 11 is 3.28. The molecule has 17 heavy (non-hydrogen) atoms. The fraction of sp³-hybridized carbons (Fsp3) is 0.333. The minimum atomic E-state index is -3.67. The van der Waals surface area contributed by atoms with Gasteiger partial charge in [0.2, 0.25) is 15.8 Å². The van der Waals surface area contributed by atoms with Crippen LogP contribution in [-0.2, 0) is 14.8 Å². The molecule has 0 aromatic heterocycles. The molecule has 1 aliphatic heterocycles. The van der Waals surface area contributed by atoms with Gasteiger partial charge in [0.1, 0.15) is 10.2 Å². The molecule has 94 valence electrons. The smallest absolute Gasteiger partial charge is 0.236 e. The lowest BCUT2D eigenvalue weighted by atomic mass is 10.2. The molecule has 1 aromatic rings. The predicted molar refractivity (Wildman–Crippen MR) is 65.3 cm³/mol. The van der Waals surface area contributed by atoms with Crippen LogP contribution in [-0.4, -0.2) is 22.3 Å². The highest BCUT2D eigenvalue weighted by molar-refractivity contribution is 9.10. The number of halogens is 2. The highest BCUT2D eigenvalue weighted by Gasteiger charge is 2.25. The maximum absolute atomic E-state index is 11.1. The van der Waals surface area contributed by atoms with Gasteiger partial charge in [0.25, 0.3) is 0 Å². The summed E-state index contributed by atoms with van der Waals surface area (Å²) in [4.78, 5) is 0. The van der Waals surface area contributed by atoms with Crippen LogP contribution in [0.3, 0.4) is 0 Å². The predicted octanol–water partition coefficient (Wildman–Crippen LogP) is 2.25. The first-order chi connectivity index (χ1) is 7.92. The van der Waals surface area contributed by atoms with Crippen LogP contribution in [0.25, 0.3) is 0 Å². The molecule has 1 heterocycles. The molecule has 0 spiro atoms. The van der Waals surface area contributed by atoms with Crippen molar-refractivity contribution < 1.29 is 22.6 Å². The molecular weight excluding hydrogens is 336 g/mol. The molecule has 0 atom stereocenters. The quantitative estimate of drug-likeness (QED) is 0.788. The van der Waals surface area contributed by atoms with Gasteiger partial charge in [-0.1, -0.05) is 0 Å². The van der Waals surface area contributed by atoms with Crippen molar-refractivity contribution in [2.75, 3.05) is 13.9 Å². The van der Waals surface area contributed by atoms with Gasteiger partial charge in [0, 0.05) is 16.2 Å². The molecule has 1 aliphatic rings. The van der Waals surface area contributed by atoms with Crippen molar-refractivity contribution in [1.29, 1.82) is 0 Å². The SMILES string of the molecule is COc1c(CS(=O)(=O)Cl)cc2c(c1Br)OCO2. The zero-order valence-electron chi connectivity index (χ0n) is 8.70.